The molecule has 0 bridgehead atoms. The highest BCUT2D eigenvalue weighted by Crippen LogP contribution is 2.43. The molecule has 0 unspecified atom stereocenters. The fraction of sp³-hybridized carbons (Fsp3) is 0.721. The summed E-state index contributed by atoms with van der Waals surface area (Å²) >= 11 is 0. The Morgan fingerprint density at radius 2 is 1.72 bits per heavy atom. The van der Waals surface area contributed by atoms with Crippen molar-refractivity contribution in [3.63, 3.8) is 0 Å². The van der Waals surface area contributed by atoms with E-state index >= 15 is 0 Å². The summed E-state index contributed by atoms with van der Waals surface area (Å²) in [6, 6.07) is 2.74. The van der Waals surface area contributed by atoms with Gasteiger partial charge < -0.3 is 43.2 Å². The Balaban J connectivity index is 1.43. The van der Waals surface area contributed by atoms with Crippen molar-refractivity contribution < 1.29 is 48.0 Å². The number of amides is 1. The number of Topliss-reactive ketones (excluding diaryl/α,β-unsaturated/α-hetero) is 2. The lowest BCUT2D eigenvalue weighted by Gasteiger charge is -2.47. The molecule has 3 fully saturated rings. The number of aryl methyl sites for hydroxylation is 1. The van der Waals surface area contributed by atoms with Gasteiger partial charge in [-0.15, -0.1) is 0 Å². The fourth-order valence-corrected chi connectivity index (χ4v) is 9.43. The number of imidazole rings is 1. The summed E-state index contributed by atoms with van der Waals surface area (Å²) in [6.07, 6.45) is 4.45. The molecule has 3 aliphatic rings. The fourth-order valence-electron chi connectivity index (χ4n) is 9.43. The topological polar surface area (TPSA) is 172 Å². The Bertz CT molecular complexity index is 1740. The molecule has 3 aliphatic heterocycles. The molecule has 0 radical (unpaired) electrons. The third-order valence-corrected chi connectivity index (χ3v) is 12.8. The van der Waals surface area contributed by atoms with Crippen molar-refractivity contribution in [1.29, 1.82) is 0 Å². The van der Waals surface area contributed by atoms with Crippen LogP contribution in [0.25, 0.3) is 11.3 Å². The number of aliphatic hydroxyl groups is 1. The van der Waals surface area contributed by atoms with Crippen LogP contribution in [0.5, 0.6) is 0 Å². The second-order valence-corrected chi connectivity index (χ2v) is 17.3. The molecule has 0 saturated carbocycles. The minimum atomic E-state index is -1.40. The Labute approximate surface area is 343 Å². The van der Waals surface area contributed by atoms with Gasteiger partial charge in [0.05, 0.1) is 35.9 Å². The van der Waals surface area contributed by atoms with Crippen molar-refractivity contribution in [3.8, 4) is 11.3 Å². The number of fused-ring (bicyclic) bond motifs is 1. The van der Waals surface area contributed by atoms with Gasteiger partial charge >= 0.3 is 12.1 Å². The van der Waals surface area contributed by atoms with E-state index in [9.17, 15) is 24.3 Å². The lowest BCUT2D eigenvalue weighted by Crippen LogP contribution is -2.60. The number of carbonyl (C=O) groups is 4. The number of unbranched alkanes of at least 4 members (excludes halogenated alkanes) is 1. The minimum absolute atomic E-state index is 0.130. The van der Waals surface area contributed by atoms with Crippen molar-refractivity contribution in [2.45, 2.75) is 148 Å². The molecule has 5 rings (SSSR count). The molecule has 322 valence electrons. The molecule has 13 atom stereocenters. The van der Waals surface area contributed by atoms with E-state index in [2.05, 4.69) is 9.97 Å². The monoisotopic (exact) mass is 811 g/mol. The Morgan fingerprint density at radius 1 is 1.02 bits per heavy atom. The number of cyclic esters (lactones) is 1. The molecule has 58 heavy (non-hydrogen) atoms. The number of ether oxygens (including phenoxy) is 5. The number of ketones is 2. The summed E-state index contributed by atoms with van der Waals surface area (Å²) in [5.41, 5.74) is -0.938. The number of aliphatic hydroxyl groups excluding tert-OH is 1. The largest absolute Gasteiger partial charge is 0.458 e. The third-order valence-electron chi connectivity index (χ3n) is 12.8. The van der Waals surface area contributed by atoms with Gasteiger partial charge in [0.25, 0.3) is 0 Å². The molecule has 2 aromatic heterocycles. The van der Waals surface area contributed by atoms with E-state index in [4.69, 9.17) is 23.7 Å². The van der Waals surface area contributed by atoms with Crippen LogP contribution in [-0.2, 0) is 44.6 Å². The summed E-state index contributed by atoms with van der Waals surface area (Å²) < 4.78 is 33.2. The first-order valence-corrected chi connectivity index (χ1v) is 20.8. The second-order valence-electron chi connectivity index (χ2n) is 17.3. The Hall–Kier alpha value is -3.76. The number of nitrogens with zero attached hydrogens (tertiary/aromatic N) is 5. The molecule has 1 N–H and O–H groups in total. The van der Waals surface area contributed by atoms with E-state index in [1.165, 1.54) is 14.0 Å². The van der Waals surface area contributed by atoms with Gasteiger partial charge in [-0.25, -0.2) is 9.78 Å². The summed E-state index contributed by atoms with van der Waals surface area (Å²) in [4.78, 5) is 69.0. The van der Waals surface area contributed by atoms with E-state index in [-0.39, 0.29) is 30.8 Å². The van der Waals surface area contributed by atoms with Crippen LogP contribution in [-0.4, -0.2) is 135 Å². The lowest BCUT2D eigenvalue weighted by atomic mass is 9.73. The molecule has 3 saturated heterocycles. The van der Waals surface area contributed by atoms with E-state index in [0.717, 1.165) is 11.3 Å². The predicted molar refractivity (Wildman–Crippen MR) is 214 cm³/mol. The van der Waals surface area contributed by atoms with E-state index in [1.807, 2.05) is 62.7 Å². The smallest absolute Gasteiger partial charge is 0.410 e. The number of methoxy groups -OCH3 is 1. The van der Waals surface area contributed by atoms with Crippen LogP contribution < -0.4 is 0 Å². The van der Waals surface area contributed by atoms with Crippen LogP contribution in [0.2, 0.25) is 0 Å². The van der Waals surface area contributed by atoms with Crippen molar-refractivity contribution in [1.82, 2.24) is 24.3 Å². The average Bonchev–Trinajstić information content (AvgIpc) is 3.78. The maximum absolute atomic E-state index is 14.7. The second kappa shape index (κ2) is 18.7. The quantitative estimate of drug-likeness (QED) is 0.184. The summed E-state index contributed by atoms with van der Waals surface area (Å²) in [5.74, 6) is -4.95. The zero-order valence-electron chi connectivity index (χ0n) is 36.1. The van der Waals surface area contributed by atoms with Crippen molar-refractivity contribution >= 4 is 23.6 Å². The minimum Gasteiger partial charge on any atom is -0.458 e. The van der Waals surface area contributed by atoms with Crippen LogP contribution >= 0.6 is 0 Å². The van der Waals surface area contributed by atoms with Crippen LogP contribution in [0.1, 0.15) is 87.5 Å². The van der Waals surface area contributed by atoms with Gasteiger partial charge in [0, 0.05) is 68.1 Å². The van der Waals surface area contributed by atoms with E-state index < -0.39 is 83.4 Å². The van der Waals surface area contributed by atoms with Gasteiger partial charge in [0.2, 0.25) is 0 Å². The highest BCUT2D eigenvalue weighted by Gasteiger charge is 2.60. The molecular formula is C43H65N5O10. The first-order valence-electron chi connectivity index (χ1n) is 20.8. The highest BCUT2D eigenvalue weighted by atomic mass is 16.7. The summed E-state index contributed by atoms with van der Waals surface area (Å²) in [6.45, 7) is 14.9. The number of aromatic nitrogens is 3. The number of likely N-dealkylation sites (N-methyl/N-ethyl adjacent to an activating group) is 1. The van der Waals surface area contributed by atoms with Crippen LogP contribution in [0.15, 0.2) is 37.1 Å². The van der Waals surface area contributed by atoms with Crippen molar-refractivity contribution in [2.75, 3.05) is 27.7 Å². The molecule has 15 nitrogen and oxygen atoms in total. The number of carbonyl (C=O) groups excluding carboxylic acids is 4. The summed E-state index contributed by atoms with van der Waals surface area (Å²) in [7, 11) is 5.24. The molecule has 2 aromatic rings. The SMILES string of the molecule is CC[C@H]1OC(=O)[C@H](C)C(=O)[C@H](C)[C@@H](O[C@H]2O[C@H](C)C[C@H](N(C)C)[C@@H]2O)[C@](C)(OC)C[C@@H](C)C(=O)[C@H](C)[C@H]2N(CCCCn3cnc(-c4cccnc4)c3)C(=O)O[C@]12C. The number of hydrogen-bond acceptors (Lipinski definition) is 13. The lowest BCUT2D eigenvalue weighted by molar-refractivity contribution is -0.295. The Kier molecular flexibility index (Phi) is 14.6. The number of pyridine rings is 1. The molecule has 0 aromatic carbocycles. The zero-order chi connectivity index (χ0) is 42.7. The summed E-state index contributed by atoms with van der Waals surface area (Å²) in [5, 5.41) is 11.4. The molecule has 0 spiro atoms. The molecule has 1 amide bonds. The van der Waals surface area contributed by atoms with Gasteiger partial charge in [0.15, 0.2) is 17.7 Å². The molecular weight excluding hydrogens is 746 g/mol. The predicted octanol–water partition coefficient (Wildman–Crippen LogP) is 4.93. The first kappa shape index (κ1) is 45.3. The Morgan fingerprint density at radius 3 is 2.36 bits per heavy atom. The van der Waals surface area contributed by atoms with Crippen molar-refractivity contribution in [3.05, 3.63) is 37.1 Å². The molecule has 5 heterocycles. The molecule has 0 aliphatic carbocycles. The van der Waals surface area contributed by atoms with Crippen LogP contribution in [0.4, 0.5) is 4.79 Å². The first-order chi connectivity index (χ1) is 27.4. The van der Waals surface area contributed by atoms with Crippen LogP contribution in [0, 0.1) is 23.7 Å². The normalized spacial score (nSPS) is 36.7. The van der Waals surface area contributed by atoms with Crippen LogP contribution in [0.3, 0.4) is 0 Å². The number of hydrogen-bond donors (Lipinski definition) is 1. The average molecular weight is 812 g/mol. The molecule has 15 heteroatoms. The van der Waals surface area contributed by atoms with Gasteiger partial charge in [-0.2, -0.15) is 0 Å². The standard InChI is InChI=1S/C43H65N5O10/c1-12-33-43(8)37(48(41(53)58-43)19-14-13-18-47-23-31(45-24-47)30-16-15-17-44-22-30)27(4)34(49)25(2)21-42(7,54-11)38(28(5)35(50)29(6)39(52)56-33)57-40-36(51)32(46(9)10)20-26(3)55-40/h15-17,22-29,32-33,36-38,40,51H,12-14,18-21H2,1-11H3/t25-,26-,27+,28+,29-,32+,33-,36+,37-,38-,40-,42-,43-/m1/s1. The number of esters is 1. The third kappa shape index (κ3) is 9.33. The zero-order valence-corrected chi connectivity index (χ0v) is 36.1. The van der Waals surface area contributed by atoms with Gasteiger partial charge in [-0.3, -0.25) is 19.4 Å². The maximum atomic E-state index is 14.7. The van der Waals surface area contributed by atoms with Gasteiger partial charge in [0.1, 0.15) is 23.9 Å². The highest BCUT2D eigenvalue weighted by molar-refractivity contribution is 6.00. The number of rotatable bonds is 11. The van der Waals surface area contributed by atoms with E-state index in [1.54, 1.807) is 51.3 Å². The van der Waals surface area contributed by atoms with Gasteiger partial charge in [-0.05, 0) is 86.0 Å². The van der Waals surface area contributed by atoms with E-state index in [0.29, 0.717) is 32.4 Å². The van der Waals surface area contributed by atoms with Gasteiger partial charge in [-0.1, -0.05) is 27.7 Å². The maximum Gasteiger partial charge on any atom is 0.410 e. The van der Waals surface area contributed by atoms with Crippen molar-refractivity contribution in [2.24, 2.45) is 23.7 Å².